The summed E-state index contributed by atoms with van der Waals surface area (Å²) >= 11 is 0. The summed E-state index contributed by atoms with van der Waals surface area (Å²) in [6.07, 6.45) is 0.181. The lowest BCUT2D eigenvalue weighted by Crippen LogP contribution is -2.53. The standard InChI is InChI=1S/C22H24F4N8O/c1-12(23)9-33-16-8-13(4-5-15(16)29-31-33)18-14(24)10-34-19(18)20(35-3)28-21(30-34)27-17-6-7-32(2)11-22(17,25)26/h4-5,8,10,12,17H,6-7,9,11H2,1-3H3,(H,27,30)/t12-,17+/m0/s1. The second-order valence-electron chi connectivity index (χ2n) is 8.83. The van der Waals surface area contributed by atoms with Crippen molar-refractivity contribution < 1.29 is 22.3 Å². The first-order valence-electron chi connectivity index (χ1n) is 11.1. The molecule has 186 valence electrons. The third-order valence-electron chi connectivity index (χ3n) is 6.07. The van der Waals surface area contributed by atoms with Gasteiger partial charge in [0.2, 0.25) is 11.8 Å². The molecule has 2 atom stereocenters. The SMILES string of the molecule is COc1nc(N[C@@H]2CCN(C)CC2(F)F)nn2cc(F)c(-c3ccc4nnn(C[C@H](C)F)c4c3)c12. The van der Waals surface area contributed by atoms with Crippen LogP contribution in [0.3, 0.4) is 0 Å². The summed E-state index contributed by atoms with van der Waals surface area (Å²) in [5, 5.41) is 14.9. The summed E-state index contributed by atoms with van der Waals surface area (Å²) in [5.41, 5.74) is 1.90. The van der Waals surface area contributed by atoms with Gasteiger partial charge in [0.15, 0.2) is 5.82 Å². The molecule has 1 aromatic carbocycles. The molecule has 1 aliphatic rings. The van der Waals surface area contributed by atoms with Crippen LogP contribution in [0.15, 0.2) is 24.4 Å². The molecule has 0 spiro atoms. The Balaban J connectivity index is 1.56. The first-order valence-corrected chi connectivity index (χ1v) is 11.1. The smallest absolute Gasteiger partial charge is 0.280 e. The average Bonchev–Trinajstić information content (AvgIpc) is 3.33. The highest BCUT2D eigenvalue weighted by Crippen LogP contribution is 2.36. The van der Waals surface area contributed by atoms with Crippen LogP contribution in [-0.4, -0.2) is 79.9 Å². The molecule has 1 saturated heterocycles. The van der Waals surface area contributed by atoms with Gasteiger partial charge in [0.05, 0.1) is 43.5 Å². The number of nitrogens with zero attached hydrogens (tertiary/aromatic N) is 7. The van der Waals surface area contributed by atoms with Crippen molar-refractivity contribution in [2.75, 3.05) is 32.6 Å². The quantitative estimate of drug-likeness (QED) is 0.413. The van der Waals surface area contributed by atoms with Crippen LogP contribution in [0.1, 0.15) is 13.3 Å². The van der Waals surface area contributed by atoms with E-state index in [4.69, 9.17) is 4.74 Å². The first kappa shape index (κ1) is 23.3. The van der Waals surface area contributed by atoms with Crippen molar-refractivity contribution in [1.82, 2.24) is 34.5 Å². The van der Waals surface area contributed by atoms with Crippen molar-refractivity contribution in [3.05, 3.63) is 30.2 Å². The Morgan fingerprint density at radius 2 is 2.11 bits per heavy atom. The molecule has 0 saturated carbocycles. The number of likely N-dealkylation sites (tertiary alicyclic amines) is 1. The predicted octanol–water partition coefficient (Wildman–Crippen LogP) is 3.40. The molecule has 4 heterocycles. The predicted molar refractivity (Wildman–Crippen MR) is 121 cm³/mol. The van der Waals surface area contributed by atoms with Gasteiger partial charge in [-0.25, -0.2) is 26.8 Å². The number of hydrogen-bond donors (Lipinski definition) is 1. The van der Waals surface area contributed by atoms with E-state index in [1.165, 1.54) is 23.2 Å². The summed E-state index contributed by atoms with van der Waals surface area (Å²) < 4.78 is 65.8. The number of alkyl halides is 3. The number of rotatable bonds is 6. The van der Waals surface area contributed by atoms with E-state index in [1.54, 1.807) is 30.1 Å². The zero-order valence-electron chi connectivity index (χ0n) is 19.3. The molecule has 4 aromatic rings. The van der Waals surface area contributed by atoms with Gasteiger partial charge < -0.3 is 15.0 Å². The second kappa shape index (κ2) is 8.63. The van der Waals surface area contributed by atoms with E-state index >= 15 is 4.39 Å². The largest absolute Gasteiger partial charge is 0.479 e. The van der Waals surface area contributed by atoms with Crippen LogP contribution in [-0.2, 0) is 6.54 Å². The van der Waals surface area contributed by atoms with Crippen molar-refractivity contribution in [3.63, 3.8) is 0 Å². The lowest BCUT2D eigenvalue weighted by atomic mass is 10.0. The molecule has 35 heavy (non-hydrogen) atoms. The number of piperidine rings is 1. The fraction of sp³-hybridized carbons (Fsp3) is 0.455. The summed E-state index contributed by atoms with van der Waals surface area (Å²) in [4.78, 5) is 5.81. The number of methoxy groups -OCH3 is 1. The van der Waals surface area contributed by atoms with Crippen molar-refractivity contribution in [3.8, 4) is 17.0 Å². The van der Waals surface area contributed by atoms with Crippen molar-refractivity contribution in [2.45, 2.75) is 38.0 Å². The van der Waals surface area contributed by atoms with Crippen LogP contribution >= 0.6 is 0 Å². The van der Waals surface area contributed by atoms with Crippen molar-refractivity contribution in [1.29, 1.82) is 0 Å². The Labute approximate surface area is 197 Å². The number of anilines is 1. The van der Waals surface area contributed by atoms with Gasteiger partial charge in [-0.2, -0.15) is 4.98 Å². The Morgan fingerprint density at radius 1 is 1.31 bits per heavy atom. The third kappa shape index (κ3) is 4.24. The summed E-state index contributed by atoms with van der Waals surface area (Å²) in [6, 6.07) is 3.80. The summed E-state index contributed by atoms with van der Waals surface area (Å²) in [7, 11) is 2.99. The van der Waals surface area contributed by atoms with Gasteiger partial charge in [-0.15, -0.1) is 10.2 Å². The minimum absolute atomic E-state index is 0.00198. The molecular formula is C22H24F4N8O. The maximum absolute atomic E-state index is 15.2. The highest BCUT2D eigenvalue weighted by atomic mass is 19.3. The topological polar surface area (TPSA) is 85.4 Å². The Bertz CT molecular complexity index is 1390. The van der Waals surface area contributed by atoms with E-state index in [-0.39, 0.29) is 42.4 Å². The van der Waals surface area contributed by atoms with Gasteiger partial charge in [0.25, 0.3) is 5.92 Å². The first-order chi connectivity index (χ1) is 16.7. The minimum atomic E-state index is -2.99. The molecule has 13 heteroatoms. The van der Waals surface area contributed by atoms with Crippen LogP contribution < -0.4 is 10.1 Å². The summed E-state index contributed by atoms with van der Waals surface area (Å²) in [6.45, 7) is 1.52. The van der Waals surface area contributed by atoms with Gasteiger partial charge in [0.1, 0.15) is 17.2 Å². The van der Waals surface area contributed by atoms with Gasteiger partial charge in [0, 0.05) is 6.54 Å². The maximum atomic E-state index is 15.2. The zero-order valence-corrected chi connectivity index (χ0v) is 19.3. The fourth-order valence-corrected chi connectivity index (χ4v) is 4.44. The highest BCUT2D eigenvalue weighted by Gasteiger charge is 2.44. The second-order valence-corrected chi connectivity index (χ2v) is 8.83. The van der Waals surface area contributed by atoms with Gasteiger partial charge in [-0.05, 0) is 38.1 Å². The van der Waals surface area contributed by atoms with E-state index in [1.807, 2.05) is 0 Å². The van der Waals surface area contributed by atoms with Crippen LogP contribution in [0.5, 0.6) is 5.88 Å². The number of ether oxygens (including phenoxy) is 1. The fourth-order valence-electron chi connectivity index (χ4n) is 4.44. The van der Waals surface area contributed by atoms with Gasteiger partial charge in [-0.1, -0.05) is 11.3 Å². The van der Waals surface area contributed by atoms with Crippen LogP contribution in [0.25, 0.3) is 27.7 Å². The number of aromatic nitrogens is 6. The minimum Gasteiger partial charge on any atom is -0.479 e. The van der Waals surface area contributed by atoms with E-state index in [0.29, 0.717) is 23.1 Å². The number of nitrogens with one attached hydrogen (secondary N) is 1. The Morgan fingerprint density at radius 3 is 2.83 bits per heavy atom. The molecule has 9 nitrogen and oxygen atoms in total. The number of fused-ring (bicyclic) bond motifs is 2. The Kier molecular flexibility index (Phi) is 5.74. The van der Waals surface area contributed by atoms with E-state index in [0.717, 1.165) is 6.20 Å². The molecule has 0 bridgehead atoms. The molecule has 0 amide bonds. The molecule has 3 aromatic heterocycles. The molecule has 1 aliphatic heterocycles. The normalized spacial score (nSPS) is 19.3. The van der Waals surface area contributed by atoms with Gasteiger partial charge >= 0.3 is 0 Å². The lowest BCUT2D eigenvalue weighted by Gasteiger charge is -2.36. The lowest BCUT2D eigenvalue weighted by molar-refractivity contribution is -0.0675. The number of benzene rings is 1. The Hall–Kier alpha value is -3.48. The number of halogens is 4. The molecule has 1 N–H and O–H groups in total. The molecule has 1 fully saturated rings. The average molecular weight is 492 g/mol. The van der Waals surface area contributed by atoms with Gasteiger partial charge in [-0.3, -0.25) is 0 Å². The zero-order chi connectivity index (χ0) is 24.9. The molecule has 0 aliphatic carbocycles. The number of hydrogen-bond acceptors (Lipinski definition) is 7. The van der Waals surface area contributed by atoms with Crippen LogP contribution in [0, 0.1) is 5.82 Å². The van der Waals surface area contributed by atoms with Crippen molar-refractivity contribution >= 4 is 22.5 Å². The van der Waals surface area contributed by atoms with Crippen LogP contribution in [0.2, 0.25) is 0 Å². The molecule has 0 radical (unpaired) electrons. The summed E-state index contributed by atoms with van der Waals surface area (Å²) in [5.74, 6) is -3.69. The monoisotopic (exact) mass is 492 g/mol. The van der Waals surface area contributed by atoms with E-state index < -0.39 is 24.0 Å². The highest BCUT2D eigenvalue weighted by molar-refractivity contribution is 5.89. The van der Waals surface area contributed by atoms with E-state index in [2.05, 4.69) is 25.7 Å². The van der Waals surface area contributed by atoms with Crippen LogP contribution in [0.4, 0.5) is 23.5 Å². The molecular weight excluding hydrogens is 468 g/mol. The molecule has 0 unspecified atom stereocenters. The third-order valence-corrected chi connectivity index (χ3v) is 6.07. The van der Waals surface area contributed by atoms with Crippen molar-refractivity contribution in [2.24, 2.45) is 0 Å². The maximum Gasteiger partial charge on any atom is 0.280 e. The molecule has 5 rings (SSSR count). The van der Waals surface area contributed by atoms with E-state index in [9.17, 15) is 13.2 Å².